The van der Waals surface area contributed by atoms with Crippen molar-refractivity contribution in [3.63, 3.8) is 0 Å². The van der Waals surface area contributed by atoms with Crippen molar-refractivity contribution in [2.75, 3.05) is 50.0 Å². The quantitative estimate of drug-likeness (QED) is 0.552. The van der Waals surface area contributed by atoms with E-state index in [1.54, 1.807) is 12.1 Å². The SMILES string of the molecule is O=C(COc1ccc(Cl)cc1Cl)NCCCS(=O)(=O)N1CCN(c2ccccc2)CC1. The summed E-state index contributed by atoms with van der Waals surface area (Å²) in [6, 6.07) is 14.7. The Morgan fingerprint density at radius 2 is 1.74 bits per heavy atom. The number of piperazine rings is 1. The fourth-order valence-corrected chi connectivity index (χ4v) is 5.21. The van der Waals surface area contributed by atoms with Crippen LogP contribution < -0.4 is 15.0 Å². The minimum atomic E-state index is -3.36. The molecule has 3 rings (SSSR count). The van der Waals surface area contributed by atoms with E-state index < -0.39 is 10.0 Å². The van der Waals surface area contributed by atoms with Crippen LogP contribution in [0.5, 0.6) is 5.75 Å². The van der Waals surface area contributed by atoms with Crippen molar-refractivity contribution in [1.29, 1.82) is 0 Å². The van der Waals surface area contributed by atoms with Crippen LogP contribution in [-0.2, 0) is 14.8 Å². The smallest absolute Gasteiger partial charge is 0.257 e. The van der Waals surface area contributed by atoms with Crippen molar-refractivity contribution in [3.05, 3.63) is 58.6 Å². The Morgan fingerprint density at radius 1 is 1.03 bits per heavy atom. The van der Waals surface area contributed by atoms with E-state index in [0.29, 0.717) is 48.4 Å². The molecule has 2 aromatic carbocycles. The standard InChI is InChI=1S/C21H25Cl2N3O4S/c22-17-7-8-20(19(23)15-17)30-16-21(27)24-9-4-14-31(28,29)26-12-10-25(11-13-26)18-5-2-1-3-6-18/h1-3,5-8,15H,4,9-14,16H2,(H,24,27). The lowest BCUT2D eigenvalue weighted by atomic mass is 10.2. The van der Waals surface area contributed by atoms with E-state index in [1.165, 1.54) is 10.4 Å². The van der Waals surface area contributed by atoms with E-state index in [1.807, 2.05) is 30.3 Å². The van der Waals surface area contributed by atoms with Gasteiger partial charge >= 0.3 is 0 Å². The second-order valence-corrected chi connectivity index (χ2v) is 10.0. The van der Waals surface area contributed by atoms with Crippen LogP contribution in [-0.4, -0.2) is 63.7 Å². The third-order valence-corrected chi connectivity index (χ3v) is 7.39. The lowest BCUT2D eigenvalue weighted by Gasteiger charge is -2.35. The molecule has 1 amide bonds. The zero-order valence-corrected chi connectivity index (χ0v) is 19.3. The van der Waals surface area contributed by atoms with Crippen molar-refractivity contribution in [1.82, 2.24) is 9.62 Å². The molecule has 0 saturated carbocycles. The number of carbonyl (C=O) groups excluding carboxylic acids is 1. The van der Waals surface area contributed by atoms with Crippen molar-refractivity contribution in [2.24, 2.45) is 0 Å². The van der Waals surface area contributed by atoms with E-state index in [-0.39, 0.29) is 24.8 Å². The van der Waals surface area contributed by atoms with Gasteiger partial charge in [0.05, 0.1) is 10.8 Å². The molecule has 0 atom stereocenters. The average molecular weight is 486 g/mol. The van der Waals surface area contributed by atoms with Gasteiger partial charge in [-0.15, -0.1) is 0 Å². The summed E-state index contributed by atoms with van der Waals surface area (Å²) in [5.41, 5.74) is 1.10. The highest BCUT2D eigenvalue weighted by molar-refractivity contribution is 7.89. The zero-order valence-electron chi connectivity index (χ0n) is 17.0. The van der Waals surface area contributed by atoms with Crippen LogP contribution in [0.3, 0.4) is 0 Å². The minimum absolute atomic E-state index is 0.0114. The molecule has 0 spiro atoms. The second kappa shape index (κ2) is 11.0. The second-order valence-electron chi connectivity index (χ2n) is 7.10. The van der Waals surface area contributed by atoms with Gasteiger partial charge in [0.1, 0.15) is 5.75 Å². The van der Waals surface area contributed by atoms with Crippen LogP contribution in [0.4, 0.5) is 5.69 Å². The minimum Gasteiger partial charge on any atom is -0.482 e. The Kier molecular flexibility index (Phi) is 8.43. The molecule has 10 heteroatoms. The molecule has 0 radical (unpaired) electrons. The van der Waals surface area contributed by atoms with E-state index in [2.05, 4.69) is 10.2 Å². The number of hydrogen-bond donors (Lipinski definition) is 1. The largest absolute Gasteiger partial charge is 0.482 e. The molecule has 1 fully saturated rings. The fourth-order valence-electron chi connectivity index (χ4n) is 3.26. The lowest BCUT2D eigenvalue weighted by molar-refractivity contribution is -0.123. The number of hydrogen-bond acceptors (Lipinski definition) is 5. The lowest BCUT2D eigenvalue weighted by Crippen LogP contribution is -2.49. The predicted octanol–water partition coefficient (Wildman–Crippen LogP) is 3.03. The Labute approximate surface area is 192 Å². The number of ether oxygens (including phenoxy) is 1. The highest BCUT2D eigenvalue weighted by Gasteiger charge is 2.26. The van der Waals surface area contributed by atoms with Crippen LogP contribution in [0, 0.1) is 0 Å². The maximum absolute atomic E-state index is 12.6. The first kappa shape index (κ1) is 23.7. The van der Waals surface area contributed by atoms with Gasteiger partial charge in [0.25, 0.3) is 5.91 Å². The summed E-state index contributed by atoms with van der Waals surface area (Å²) in [6.45, 7) is 2.27. The Bertz CT molecular complexity index is 981. The summed E-state index contributed by atoms with van der Waals surface area (Å²) in [5, 5.41) is 3.46. The topological polar surface area (TPSA) is 78.9 Å². The first-order chi connectivity index (χ1) is 14.8. The summed E-state index contributed by atoms with van der Waals surface area (Å²) >= 11 is 11.8. The number of benzene rings is 2. The van der Waals surface area contributed by atoms with Crippen molar-refractivity contribution < 1.29 is 17.9 Å². The van der Waals surface area contributed by atoms with E-state index in [0.717, 1.165) is 5.69 Å². The van der Waals surface area contributed by atoms with Gasteiger partial charge in [0, 0.05) is 43.4 Å². The number of nitrogens with one attached hydrogen (secondary N) is 1. The third kappa shape index (κ3) is 7.00. The van der Waals surface area contributed by atoms with Crippen LogP contribution in [0.1, 0.15) is 6.42 Å². The van der Waals surface area contributed by atoms with Crippen molar-refractivity contribution in [3.8, 4) is 5.75 Å². The average Bonchev–Trinajstić information content (AvgIpc) is 2.77. The van der Waals surface area contributed by atoms with Gasteiger partial charge in [0.2, 0.25) is 10.0 Å². The molecule has 31 heavy (non-hydrogen) atoms. The Hall–Kier alpha value is -2.00. The van der Waals surface area contributed by atoms with Crippen molar-refractivity contribution >= 4 is 44.8 Å². The predicted molar refractivity (Wildman–Crippen MR) is 124 cm³/mol. The van der Waals surface area contributed by atoms with Gasteiger partial charge in [-0.25, -0.2) is 8.42 Å². The summed E-state index contributed by atoms with van der Waals surface area (Å²) in [7, 11) is -3.36. The Morgan fingerprint density at radius 3 is 2.42 bits per heavy atom. The molecule has 1 aliphatic heterocycles. The maximum atomic E-state index is 12.6. The molecule has 7 nitrogen and oxygen atoms in total. The van der Waals surface area contributed by atoms with Crippen LogP contribution >= 0.6 is 23.2 Å². The summed E-state index contributed by atoms with van der Waals surface area (Å²) in [4.78, 5) is 14.1. The molecular weight excluding hydrogens is 461 g/mol. The number of sulfonamides is 1. The molecule has 0 unspecified atom stereocenters. The molecule has 168 valence electrons. The van der Waals surface area contributed by atoms with Gasteiger partial charge in [0.15, 0.2) is 6.61 Å². The highest BCUT2D eigenvalue weighted by Crippen LogP contribution is 2.27. The molecule has 1 aliphatic rings. The normalized spacial score (nSPS) is 15.0. The van der Waals surface area contributed by atoms with Gasteiger partial charge in [-0.3, -0.25) is 4.79 Å². The highest BCUT2D eigenvalue weighted by atomic mass is 35.5. The van der Waals surface area contributed by atoms with E-state index in [4.69, 9.17) is 27.9 Å². The molecule has 1 saturated heterocycles. The summed E-state index contributed by atoms with van der Waals surface area (Å²) in [5.74, 6) is 0.000920. The number of para-hydroxylation sites is 1. The number of anilines is 1. The van der Waals surface area contributed by atoms with Crippen molar-refractivity contribution in [2.45, 2.75) is 6.42 Å². The molecule has 1 N–H and O–H groups in total. The van der Waals surface area contributed by atoms with Crippen LogP contribution in [0.2, 0.25) is 10.0 Å². The maximum Gasteiger partial charge on any atom is 0.257 e. The zero-order chi connectivity index (χ0) is 22.3. The van der Waals surface area contributed by atoms with E-state index >= 15 is 0 Å². The first-order valence-corrected chi connectivity index (χ1v) is 12.3. The molecule has 2 aromatic rings. The van der Waals surface area contributed by atoms with Gasteiger partial charge < -0.3 is 15.0 Å². The third-order valence-electron chi connectivity index (χ3n) is 4.91. The van der Waals surface area contributed by atoms with Crippen LogP contribution in [0.25, 0.3) is 0 Å². The number of rotatable bonds is 9. The first-order valence-electron chi connectivity index (χ1n) is 9.97. The molecule has 0 bridgehead atoms. The van der Waals surface area contributed by atoms with Crippen LogP contribution in [0.15, 0.2) is 48.5 Å². The molecule has 0 aromatic heterocycles. The molecular formula is C21H25Cl2N3O4S. The molecule has 1 heterocycles. The van der Waals surface area contributed by atoms with Gasteiger partial charge in [-0.1, -0.05) is 41.4 Å². The van der Waals surface area contributed by atoms with Gasteiger partial charge in [-0.05, 0) is 36.8 Å². The number of carbonyl (C=O) groups is 1. The summed E-state index contributed by atoms with van der Waals surface area (Å²) < 4.78 is 32.1. The monoisotopic (exact) mass is 485 g/mol. The number of halogens is 2. The van der Waals surface area contributed by atoms with E-state index in [9.17, 15) is 13.2 Å². The van der Waals surface area contributed by atoms with Gasteiger partial charge in [-0.2, -0.15) is 4.31 Å². The summed E-state index contributed by atoms with van der Waals surface area (Å²) in [6.07, 6.45) is 0.328. The fraction of sp³-hybridized carbons (Fsp3) is 0.381. The molecule has 0 aliphatic carbocycles. The Balaban J connectivity index is 1.35. The number of nitrogens with zero attached hydrogens (tertiary/aromatic N) is 2. The number of amides is 1.